The zero-order valence-electron chi connectivity index (χ0n) is 19.1. The van der Waals surface area contributed by atoms with Crippen molar-refractivity contribution in [3.05, 3.63) is 41.5 Å². The summed E-state index contributed by atoms with van der Waals surface area (Å²) in [5.41, 5.74) is 2.87. The number of fused-ring (bicyclic) bond motifs is 2. The van der Waals surface area contributed by atoms with Gasteiger partial charge in [0.2, 0.25) is 0 Å². The fraction of sp³-hybridized carbons (Fsp3) is 0.615. The van der Waals surface area contributed by atoms with Crippen LogP contribution in [0.1, 0.15) is 38.7 Å². The highest BCUT2D eigenvalue weighted by Crippen LogP contribution is 2.55. The Kier molecular flexibility index (Phi) is 5.51. The Bertz CT molecular complexity index is 944. The minimum absolute atomic E-state index is 0.103. The first-order valence-corrected chi connectivity index (χ1v) is 12.1. The van der Waals surface area contributed by atoms with Gasteiger partial charge in [0, 0.05) is 23.4 Å². The van der Waals surface area contributed by atoms with Crippen molar-refractivity contribution in [1.29, 1.82) is 5.26 Å². The maximum Gasteiger partial charge on any atom is 0.315 e. The van der Waals surface area contributed by atoms with Crippen LogP contribution in [0.25, 0.3) is 0 Å². The number of hydrogen-bond donors (Lipinski definition) is 2. The maximum atomic E-state index is 12.9. The Morgan fingerprint density at radius 2 is 2.00 bits per heavy atom. The average molecular weight is 437 g/mol. The van der Waals surface area contributed by atoms with E-state index < -0.39 is 6.10 Å². The van der Waals surface area contributed by atoms with Crippen molar-refractivity contribution in [1.82, 2.24) is 0 Å². The van der Waals surface area contributed by atoms with Gasteiger partial charge in [-0.2, -0.15) is 5.26 Å². The Morgan fingerprint density at radius 1 is 1.28 bits per heavy atom. The second-order valence-electron chi connectivity index (χ2n) is 10.4. The summed E-state index contributed by atoms with van der Waals surface area (Å²) >= 11 is 0. The number of nitrogens with zero attached hydrogens (tertiary/aromatic N) is 2. The highest BCUT2D eigenvalue weighted by atomic mass is 16.6. The summed E-state index contributed by atoms with van der Waals surface area (Å²) < 4.78 is 5.84. The number of aliphatic hydroxyl groups is 1. The first-order chi connectivity index (χ1) is 15.4. The number of hydrogen-bond acceptors (Lipinski definition) is 5. The number of esters is 1. The van der Waals surface area contributed by atoms with E-state index >= 15 is 0 Å². The van der Waals surface area contributed by atoms with Crippen LogP contribution < -0.4 is 9.80 Å². The number of ether oxygens (including phenoxy) is 1. The molecule has 1 aromatic rings. The standard InChI is InChI=1S/C26H33N3O3/c1-17-4-3-5-19-14-22-23(24(30)26(17,19)2)21(25(31)32-22)16-28-10-12-29(13-11-28)20-8-6-18(15-27)7-9-20/h5-9,17,21-24,30H,3-4,10-14,16H2,1-2H3/p+1/t17-,21-,22+,23+,24+,26+/m0/s1. The first-order valence-electron chi connectivity index (χ1n) is 12.1. The molecule has 6 heteroatoms. The Balaban J connectivity index is 1.26. The molecule has 2 aliphatic carbocycles. The van der Waals surface area contributed by atoms with Gasteiger partial charge in [-0.25, -0.2) is 0 Å². The molecule has 2 N–H and O–H groups in total. The van der Waals surface area contributed by atoms with E-state index in [0.717, 1.165) is 57.7 Å². The summed E-state index contributed by atoms with van der Waals surface area (Å²) in [7, 11) is 0. The van der Waals surface area contributed by atoms with Crippen molar-refractivity contribution < 1.29 is 19.5 Å². The van der Waals surface area contributed by atoms with E-state index in [4.69, 9.17) is 10.00 Å². The van der Waals surface area contributed by atoms with Crippen LogP contribution >= 0.6 is 0 Å². The van der Waals surface area contributed by atoms with Gasteiger partial charge in [0.1, 0.15) is 12.0 Å². The van der Waals surface area contributed by atoms with Crippen LogP contribution in [0.5, 0.6) is 0 Å². The second-order valence-corrected chi connectivity index (χ2v) is 10.4. The summed E-state index contributed by atoms with van der Waals surface area (Å²) in [6.07, 6.45) is 4.52. The Morgan fingerprint density at radius 3 is 2.69 bits per heavy atom. The smallest absolute Gasteiger partial charge is 0.315 e. The number of allylic oxidation sites excluding steroid dienone is 1. The molecule has 170 valence electrons. The summed E-state index contributed by atoms with van der Waals surface area (Å²) in [4.78, 5) is 16.6. The quantitative estimate of drug-likeness (QED) is 0.555. The summed E-state index contributed by atoms with van der Waals surface area (Å²) in [5.74, 6) is -0.0251. The van der Waals surface area contributed by atoms with E-state index in [1.54, 1.807) is 0 Å². The highest BCUT2D eigenvalue weighted by molar-refractivity contribution is 5.76. The predicted octanol–water partition coefficient (Wildman–Crippen LogP) is 1.55. The number of benzene rings is 1. The lowest BCUT2D eigenvalue weighted by molar-refractivity contribution is -0.903. The third-order valence-electron chi connectivity index (χ3n) is 8.91. The van der Waals surface area contributed by atoms with E-state index in [0.29, 0.717) is 11.5 Å². The van der Waals surface area contributed by atoms with E-state index in [-0.39, 0.29) is 29.3 Å². The first kappa shape index (κ1) is 21.5. The molecule has 0 amide bonds. The molecule has 0 unspecified atom stereocenters. The van der Waals surface area contributed by atoms with Crippen LogP contribution in [0.4, 0.5) is 5.69 Å². The maximum absolute atomic E-state index is 12.9. The third kappa shape index (κ3) is 3.43. The molecule has 0 aromatic heterocycles. The molecular weight excluding hydrogens is 402 g/mol. The van der Waals surface area contributed by atoms with Gasteiger partial charge < -0.3 is 19.6 Å². The molecule has 0 radical (unpaired) electrons. The molecule has 32 heavy (non-hydrogen) atoms. The number of carbonyl (C=O) groups excluding carboxylic acids is 1. The van der Waals surface area contributed by atoms with Crippen molar-refractivity contribution in [2.24, 2.45) is 23.2 Å². The van der Waals surface area contributed by atoms with Crippen molar-refractivity contribution in [2.45, 2.75) is 45.3 Å². The third-order valence-corrected chi connectivity index (χ3v) is 8.91. The molecule has 0 spiro atoms. The molecule has 3 fully saturated rings. The molecule has 0 bridgehead atoms. The molecule has 6 atom stereocenters. The number of quaternary nitrogens is 1. The minimum Gasteiger partial charge on any atom is -0.461 e. The number of nitrogens with one attached hydrogen (secondary N) is 1. The van der Waals surface area contributed by atoms with Gasteiger partial charge in [0.25, 0.3) is 0 Å². The van der Waals surface area contributed by atoms with Gasteiger partial charge in [0.05, 0.1) is 50.5 Å². The van der Waals surface area contributed by atoms with Crippen molar-refractivity contribution >= 4 is 11.7 Å². The van der Waals surface area contributed by atoms with Gasteiger partial charge >= 0.3 is 5.97 Å². The van der Waals surface area contributed by atoms with Crippen LogP contribution in [-0.4, -0.2) is 56.0 Å². The van der Waals surface area contributed by atoms with Gasteiger partial charge in [-0.15, -0.1) is 0 Å². The monoisotopic (exact) mass is 436 g/mol. The average Bonchev–Trinajstić information content (AvgIpc) is 3.11. The lowest BCUT2D eigenvalue weighted by Crippen LogP contribution is -3.15. The molecular formula is C26H34N3O3+. The number of rotatable bonds is 3. The molecule has 1 aromatic carbocycles. The van der Waals surface area contributed by atoms with E-state index in [1.807, 2.05) is 24.3 Å². The van der Waals surface area contributed by atoms with E-state index in [1.165, 1.54) is 10.5 Å². The zero-order valence-corrected chi connectivity index (χ0v) is 19.1. The number of nitriles is 1. The largest absolute Gasteiger partial charge is 0.461 e. The van der Waals surface area contributed by atoms with Crippen molar-refractivity contribution in [3.8, 4) is 6.07 Å². The molecule has 2 saturated heterocycles. The lowest BCUT2D eigenvalue weighted by atomic mass is 9.55. The molecule has 4 aliphatic rings. The van der Waals surface area contributed by atoms with Gasteiger partial charge in [-0.1, -0.05) is 25.5 Å². The second kappa shape index (κ2) is 8.20. The fourth-order valence-corrected chi connectivity index (χ4v) is 6.64. The van der Waals surface area contributed by atoms with Gasteiger partial charge in [0.15, 0.2) is 0 Å². The van der Waals surface area contributed by atoms with E-state index in [2.05, 4.69) is 30.9 Å². The SMILES string of the molecule is C[C@H]1CCC=C2C[C@H]3OC(=O)[C@@H](C[NH+]4CCN(c5ccc(C#N)cc5)CC4)[C@H]3[C@@H](O)[C@@]21C. The molecule has 2 aliphatic heterocycles. The van der Waals surface area contributed by atoms with Crippen LogP contribution in [0.3, 0.4) is 0 Å². The van der Waals surface area contributed by atoms with Gasteiger partial charge in [-0.3, -0.25) is 4.79 Å². The minimum atomic E-state index is -0.529. The predicted molar refractivity (Wildman–Crippen MR) is 121 cm³/mol. The summed E-state index contributed by atoms with van der Waals surface area (Å²) in [5, 5.41) is 20.5. The van der Waals surface area contributed by atoms with Crippen LogP contribution in [-0.2, 0) is 9.53 Å². The number of aliphatic hydroxyl groups excluding tert-OH is 1. The van der Waals surface area contributed by atoms with Crippen LogP contribution in [0.15, 0.2) is 35.9 Å². The Labute approximate surface area is 190 Å². The number of carbonyl (C=O) groups is 1. The zero-order chi connectivity index (χ0) is 22.5. The summed E-state index contributed by atoms with van der Waals surface area (Å²) in [6, 6.07) is 9.92. The van der Waals surface area contributed by atoms with Crippen LogP contribution in [0, 0.1) is 34.5 Å². The topological polar surface area (TPSA) is 78.0 Å². The molecule has 6 nitrogen and oxygen atoms in total. The van der Waals surface area contributed by atoms with Crippen LogP contribution in [0.2, 0.25) is 0 Å². The number of anilines is 1. The van der Waals surface area contributed by atoms with Crippen molar-refractivity contribution in [2.75, 3.05) is 37.6 Å². The van der Waals surface area contributed by atoms with E-state index in [9.17, 15) is 9.90 Å². The van der Waals surface area contributed by atoms with Crippen molar-refractivity contribution in [3.63, 3.8) is 0 Å². The lowest BCUT2D eigenvalue weighted by Gasteiger charge is -2.51. The Hall–Kier alpha value is -2.36. The molecule has 2 heterocycles. The summed E-state index contributed by atoms with van der Waals surface area (Å²) in [6.45, 7) is 8.93. The number of piperazine rings is 1. The normalized spacial score (nSPS) is 37.2. The fourth-order valence-electron chi connectivity index (χ4n) is 6.64. The van der Waals surface area contributed by atoms with Gasteiger partial charge in [-0.05, 0) is 43.0 Å². The molecule has 5 rings (SSSR count). The highest BCUT2D eigenvalue weighted by Gasteiger charge is 2.60. The molecule has 1 saturated carbocycles.